The van der Waals surface area contributed by atoms with Gasteiger partial charge in [-0.3, -0.25) is 0 Å². The largest absolute Gasteiger partial charge is 0.383 e. The van der Waals surface area contributed by atoms with Gasteiger partial charge in [0.1, 0.15) is 0 Å². The lowest BCUT2D eigenvalue weighted by Gasteiger charge is -2.59. The van der Waals surface area contributed by atoms with Gasteiger partial charge in [-0.15, -0.1) is 0 Å². The zero-order valence-corrected chi connectivity index (χ0v) is 13.2. The number of nitrogens with one attached hydrogen (secondary N) is 1. The summed E-state index contributed by atoms with van der Waals surface area (Å²) < 4.78 is 5.46. The van der Waals surface area contributed by atoms with Crippen molar-refractivity contribution in [1.82, 2.24) is 5.32 Å². The number of methoxy groups -OCH3 is 1. The Morgan fingerprint density at radius 1 is 1.05 bits per heavy atom. The maximum Gasteiger partial charge on any atom is 0.0618 e. The van der Waals surface area contributed by atoms with E-state index in [1.807, 2.05) is 7.11 Å². The molecule has 0 heterocycles. The van der Waals surface area contributed by atoms with Gasteiger partial charge < -0.3 is 10.1 Å². The highest BCUT2D eigenvalue weighted by Crippen LogP contribution is 2.61. The Morgan fingerprint density at radius 2 is 1.60 bits per heavy atom. The first-order chi connectivity index (χ1) is 9.68. The van der Waals surface area contributed by atoms with E-state index in [2.05, 4.69) is 12.2 Å². The number of hydrogen-bond donors (Lipinski definition) is 1. The topological polar surface area (TPSA) is 21.3 Å². The van der Waals surface area contributed by atoms with Crippen molar-refractivity contribution in [2.75, 3.05) is 13.7 Å². The summed E-state index contributed by atoms with van der Waals surface area (Å²) in [7, 11) is 1.85. The van der Waals surface area contributed by atoms with E-state index in [9.17, 15) is 0 Å². The molecule has 5 aliphatic carbocycles. The Kier molecular flexibility index (Phi) is 3.38. The lowest BCUT2D eigenvalue weighted by atomic mass is 9.48. The van der Waals surface area contributed by atoms with Crippen LogP contribution in [0, 0.1) is 29.1 Å². The Balaban J connectivity index is 1.45. The van der Waals surface area contributed by atoms with Crippen molar-refractivity contribution < 1.29 is 4.74 Å². The van der Waals surface area contributed by atoms with Gasteiger partial charge in [0, 0.05) is 19.2 Å². The quantitative estimate of drug-likeness (QED) is 0.801. The van der Waals surface area contributed by atoms with Gasteiger partial charge in [0.05, 0.1) is 6.61 Å². The third kappa shape index (κ3) is 2.33. The van der Waals surface area contributed by atoms with Crippen molar-refractivity contribution in [3.8, 4) is 0 Å². The Labute approximate surface area is 124 Å². The fourth-order valence-electron chi connectivity index (χ4n) is 6.20. The van der Waals surface area contributed by atoms with Crippen LogP contribution in [0.15, 0.2) is 0 Å². The predicted molar refractivity (Wildman–Crippen MR) is 81.6 cm³/mol. The molecule has 5 aliphatic rings. The molecule has 2 atom stereocenters. The molecule has 0 radical (unpaired) electrons. The van der Waals surface area contributed by atoms with Crippen molar-refractivity contribution in [1.29, 1.82) is 0 Å². The second-order valence-corrected chi connectivity index (χ2v) is 8.57. The molecule has 0 aliphatic heterocycles. The fraction of sp³-hybridized carbons (Fsp3) is 1.00. The molecule has 0 aromatic rings. The lowest BCUT2D eigenvalue weighted by molar-refractivity contribution is -0.0738. The molecule has 114 valence electrons. The molecule has 2 heteroatoms. The van der Waals surface area contributed by atoms with Crippen LogP contribution in [-0.4, -0.2) is 25.8 Å². The molecule has 0 spiro atoms. The summed E-state index contributed by atoms with van der Waals surface area (Å²) in [6, 6.07) is 1.31. The molecule has 4 bridgehead atoms. The van der Waals surface area contributed by atoms with Gasteiger partial charge in [-0.05, 0) is 87.4 Å². The normalized spacial score (nSPS) is 45.6. The minimum atomic E-state index is 0.614. The summed E-state index contributed by atoms with van der Waals surface area (Å²) in [6.07, 6.45) is 12.0. The Bertz CT molecular complexity index is 327. The highest BCUT2D eigenvalue weighted by molar-refractivity contribution is 5.06. The molecular formula is C18H31NO. The van der Waals surface area contributed by atoms with Gasteiger partial charge in [0.15, 0.2) is 0 Å². The molecule has 0 aromatic carbocycles. The van der Waals surface area contributed by atoms with Gasteiger partial charge in [0.25, 0.3) is 0 Å². The van der Waals surface area contributed by atoms with Crippen molar-refractivity contribution in [2.45, 2.75) is 70.4 Å². The summed E-state index contributed by atoms with van der Waals surface area (Å²) in [5, 5.41) is 4.01. The van der Waals surface area contributed by atoms with Crippen LogP contribution in [0.25, 0.3) is 0 Å². The molecule has 0 aromatic heterocycles. The molecule has 5 rings (SSSR count). The molecular weight excluding hydrogens is 246 g/mol. The average Bonchev–Trinajstić information content (AvgIpc) is 3.20. The minimum absolute atomic E-state index is 0.614. The summed E-state index contributed by atoms with van der Waals surface area (Å²) >= 11 is 0. The van der Waals surface area contributed by atoms with Crippen molar-refractivity contribution in [2.24, 2.45) is 29.1 Å². The van der Waals surface area contributed by atoms with E-state index in [4.69, 9.17) is 4.74 Å². The van der Waals surface area contributed by atoms with Gasteiger partial charge in [-0.2, -0.15) is 0 Å². The first kappa shape index (κ1) is 13.6. The molecule has 0 amide bonds. The zero-order chi connectivity index (χ0) is 13.7. The second-order valence-electron chi connectivity index (χ2n) is 8.57. The lowest BCUT2D eigenvalue weighted by Crippen LogP contribution is -2.57. The molecule has 0 saturated heterocycles. The standard InChI is InChI=1S/C18H31NO/c1-12(19-17(11-20-2)16-3-4-16)18-8-13-5-14(9-18)7-15(6-13)10-18/h12-17,19H,3-11H2,1-2H3. The van der Waals surface area contributed by atoms with E-state index in [-0.39, 0.29) is 0 Å². The second kappa shape index (κ2) is 4.98. The molecule has 2 unspecified atom stereocenters. The number of hydrogen-bond acceptors (Lipinski definition) is 2. The van der Waals surface area contributed by atoms with Crippen LogP contribution in [0.4, 0.5) is 0 Å². The summed E-state index contributed by atoms with van der Waals surface area (Å²) in [5.74, 6) is 4.08. The van der Waals surface area contributed by atoms with Crippen molar-refractivity contribution in [3.63, 3.8) is 0 Å². The highest BCUT2D eigenvalue weighted by Gasteiger charge is 2.53. The van der Waals surface area contributed by atoms with Crippen LogP contribution < -0.4 is 5.32 Å². The van der Waals surface area contributed by atoms with Crippen LogP contribution >= 0.6 is 0 Å². The van der Waals surface area contributed by atoms with Gasteiger partial charge in [-0.1, -0.05) is 0 Å². The van der Waals surface area contributed by atoms with E-state index >= 15 is 0 Å². The van der Waals surface area contributed by atoms with Crippen LogP contribution in [0.5, 0.6) is 0 Å². The molecule has 5 fully saturated rings. The number of ether oxygens (including phenoxy) is 1. The maximum absolute atomic E-state index is 5.46. The van der Waals surface area contributed by atoms with Crippen LogP contribution in [0.2, 0.25) is 0 Å². The SMILES string of the molecule is COCC(NC(C)C12CC3CC(CC(C3)C1)C2)C1CC1. The molecule has 1 N–H and O–H groups in total. The third-order valence-corrected chi connectivity index (χ3v) is 7.01. The average molecular weight is 277 g/mol. The maximum atomic E-state index is 5.46. The molecule has 2 nitrogen and oxygen atoms in total. The van der Waals surface area contributed by atoms with Gasteiger partial charge in [-0.25, -0.2) is 0 Å². The zero-order valence-electron chi connectivity index (χ0n) is 13.2. The molecule has 20 heavy (non-hydrogen) atoms. The summed E-state index contributed by atoms with van der Waals surface area (Å²) in [4.78, 5) is 0. The minimum Gasteiger partial charge on any atom is -0.383 e. The van der Waals surface area contributed by atoms with Crippen LogP contribution in [-0.2, 0) is 4.74 Å². The highest BCUT2D eigenvalue weighted by atomic mass is 16.5. The van der Waals surface area contributed by atoms with E-state index in [1.165, 1.54) is 32.1 Å². The van der Waals surface area contributed by atoms with Gasteiger partial charge >= 0.3 is 0 Å². The van der Waals surface area contributed by atoms with Crippen LogP contribution in [0.1, 0.15) is 58.3 Å². The van der Waals surface area contributed by atoms with E-state index in [0.29, 0.717) is 17.5 Å². The van der Waals surface area contributed by atoms with Gasteiger partial charge in [0.2, 0.25) is 0 Å². The predicted octanol–water partition coefficient (Wildman–Crippen LogP) is 3.61. The van der Waals surface area contributed by atoms with Crippen molar-refractivity contribution in [3.05, 3.63) is 0 Å². The molecule has 5 saturated carbocycles. The summed E-state index contributed by atoms with van der Waals surface area (Å²) in [5.41, 5.74) is 0.635. The van der Waals surface area contributed by atoms with E-state index in [0.717, 1.165) is 30.3 Å². The van der Waals surface area contributed by atoms with E-state index < -0.39 is 0 Å². The number of rotatable bonds is 6. The first-order valence-corrected chi connectivity index (χ1v) is 8.93. The van der Waals surface area contributed by atoms with E-state index in [1.54, 1.807) is 19.3 Å². The monoisotopic (exact) mass is 277 g/mol. The first-order valence-electron chi connectivity index (χ1n) is 8.93. The van der Waals surface area contributed by atoms with Crippen molar-refractivity contribution >= 4 is 0 Å². The van der Waals surface area contributed by atoms with Crippen LogP contribution in [0.3, 0.4) is 0 Å². The summed E-state index contributed by atoms with van der Waals surface area (Å²) in [6.45, 7) is 3.39. The fourth-order valence-corrected chi connectivity index (χ4v) is 6.20. The Hall–Kier alpha value is -0.0800. The third-order valence-electron chi connectivity index (χ3n) is 7.01. The smallest absolute Gasteiger partial charge is 0.0618 e. The Morgan fingerprint density at radius 3 is 2.05 bits per heavy atom.